The summed E-state index contributed by atoms with van der Waals surface area (Å²) in [6, 6.07) is 2.15. The third-order valence-electron chi connectivity index (χ3n) is 3.34. The number of nitrogens with one attached hydrogen (secondary N) is 1. The van der Waals surface area contributed by atoms with Gasteiger partial charge in [0.15, 0.2) is 0 Å². The lowest BCUT2D eigenvalue weighted by molar-refractivity contribution is -0.0697. The molecule has 1 aromatic rings. The van der Waals surface area contributed by atoms with Crippen LogP contribution in [0, 0.1) is 5.82 Å². The number of hydrogen-bond donors (Lipinski definition) is 2. The van der Waals surface area contributed by atoms with Crippen LogP contribution in [-0.4, -0.2) is 31.1 Å². The number of allylic oxidation sites excluding steroid dienone is 1. The summed E-state index contributed by atoms with van der Waals surface area (Å²) in [5.74, 6) is -0.748. The van der Waals surface area contributed by atoms with E-state index in [0.717, 1.165) is 12.5 Å². The van der Waals surface area contributed by atoms with E-state index in [4.69, 9.17) is 0 Å². The van der Waals surface area contributed by atoms with E-state index in [2.05, 4.69) is 5.32 Å². The van der Waals surface area contributed by atoms with Crippen LogP contribution >= 0.6 is 0 Å². The highest BCUT2D eigenvalue weighted by Crippen LogP contribution is 2.43. The van der Waals surface area contributed by atoms with Crippen LogP contribution in [0.3, 0.4) is 0 Å². The summed E-state index contributed by atoms with van der Waals surface area (Å²) in [6.07, 6.45) is -4.62. The van der Waals surface area contributed by atoms with E-state index in [1.165, 1.54) is 18.0 Å². The van der Waals surface area contributed by atoms with Gasteiger partial charge in [-0.25, -0.2) is 4.39 Å². The number of fused-ring (bicyclic) bond motifs is 1. The second-order valence-electron chi connectivity index (χ2n) is 4.88. The number of nitrogens with zero attached hydrogens (tertiary/aromatic N) is 1. The number of rotatable bonds is 3. The van der Waals surface area contributed by atoms with Crippen molar-refractivity contribution >= 4 is 16.9 Å². The normalized spacial score (nSPS) is 18.3. The molecule has 1 aliphatic rings. The minimum Gasteiger partial charge on any atom is -0.383 e. The van der Waals surface area contributed by atoms with Gasteiger partial charge in [0.2, 0.25) is 0 Å². The van der Waals surface area contributed by atoms with Gasteiger partial charge in [-0.3, -0.25) is 0 Å². The van der Waals surface area contributed by atoms with Gasteiger partial charge in [0.05, 0.1) is 11.3 Å². The van der Waals surface area contributed by atoms with Crippen LogP contribution in [0.5, 0.6) is 0 Å². The fourth-order valence-electron chi connectivity index (χ4n) is 2.20. The molecule has 7 heteroatoms. The smallest absolute Gasteiger partial charge is 0.383 e. The summed E-state index contributed by atoms with van der Waals surface area (Å²) in [4.78, 5) is 1.27. The van der Waals surface area contributed by atoms with E-state index < -0.39 is 23.8 Å². The van der Waals surface area contributed by atoms with Crippen molar-refractivity contribution in [1.82, 2.24) is 0 Å². The van der Waals surface area contributed by atoms with Gasteiger partial charge in [-0.1, -0.05) is 6.92 Å². The first-order valence-corrected chi connectivity index (χ1v) is 6.53. The van der Waals surface area contributed by atoms with Crippen molar-refractivity contribution in [2.24, 2.45) is 0 Å². The van der Waals surface area contributed by atoms with Crippen molar-refractivity contribution in [3.63, 3.8) is 0 Å². The molecule has 0 aliphatic carbocycles. The van der Waals surface area contributed by atoms with Crippen molar-refractivity contribution in [2.75, 3.05) is 23.8 Å². The van der Waals surface area contributed by atoms with Crippen molar-refractivity contribution in [3.8, 4) is 0 Å². The first-order valence-electron chi connectivity index (χ1n) is 6.53. The molecular formula is C14H16F4N2O. The zero-order valence-corrected chi connectivity index (χ0v) is 11.6. The second-order valence-corrected chi connectivity index (χ2v) is 4.88. The SMILES string of the molecule is CCCNc1cc2c(cc1F)C(C(F)(F)F)=CC(O)N2C. The van der Waals surface area contributed by atoms with Crippen molar-refractivity contribution < 1.29 is 22.7 Å². The number of hydrogen-bond acceptors (Lipinski definition) is 3. The van der Waals surface area contributed by atoms with Crippen LogP contribution < -0.4 is 10.2 Å². The number of aliphatic hydroxyl groups excluding tert-OH is 1. The first-order chi connectivity index (χ1) is 9.75. The van der Waals surface area contributed by atoms with Gasteiger partial charge < -0.3 is 15.3 Å². The number of anilines is 2. The minimum absolute atomic E-state index is 0.123. The molecule has 21 heavy (non-hydrogen) atoms. The summed E-state index contributed by atoms with van der Waals surface area (Å²) in [6.45, 7) is 2.40. The predicted octanol–water partition coefficient (Wildman–Crippen LogP) is 3.36. The van der Waals surface area contributed by atoms with E-state index >= 15 is 0 Å². The molecule has 1 atom stereocenters. The summed E-state index contributed by atoms with van der Waals surface area (Å²) < 4.78 is 53.0. The molecule has 3 nitrogen and oxygen atoms in total. The molecule has 0 aromatic heterocycles. The van der Waals surface area contributed by atoms with Crippen LogP contribution in [0.25, 0.3) is 5.57 Å². The van der Waals surface area contributed by atoms with E-state index in [9.17, 15) is 22.7 Å². The van der Waals surface area contributed by atoms with E-state index in [1.807, 2.05) is 6.92 Å². The highest BCUT2D eigenvalue weighted by molar-refractivity contribution is 5.85. The Balaban J connectivity index is 2.54. The topological polar surface area (TPSA) is 35.5 Å². The summed E-state index contributed by atoms with van der Waals surface area (Å²) in [5.41, 5.74) is -1.03. The van der Waals surface area contributed by atoms with Gasteiger partial charge in [0, 0.05) is 24.8 Å². The molecule has 0 radical (unpaired) electrons. The highest BCUT2D eigenvalue weighted by Gasteiger charge is 2.40. The largest absolute Gasteiger partial charge is 0.416 e. The second kappa shape index (κ2) is 5.55. The maximum atomic E-state index is 13.9. The molecule has 1 aromatic carbocycles. The number of aliphatic hydroxyl groups is 1. The van der Waals surface area contributed by atoms with Gasteiger partial charge >= 0.3 is 6.18 Å². The van der Waals surface area contributed by atoms with Crippen LogP contribution in [0.4, 0.5) is 28.9 Å². The van der Waals surface area contributed by atoms with Crippen LogP contribution in [-0.2, 0) is 0 Å². The lowest BCUT2D eigenvalue weighted by atomic mass is 9.97. The number of alkyl halides is 3. The Labute approximate surface area is 119 Å². The molecule has 0 bridgehead atoms. The molecule has 0 spiro atoms. The van der Waals surface area contributed by atoms with Crippen molar-refractivity contribution in [3.05, 3.63) is 29.6 Å². The van der Waals surface area contributed by atoms with E-state index in [0.29, 0.717) is 12.6 Å². The maximum absolute atomic E-state index is 13.9. The fourth-order valence-corrected chi connectivity index (χ4v) is 2.20. The molecule has 0 saturated carbocycles. The van der Waals surface area contributed by atoms with E-state index in [1.54, 1.807) is 0 Å². The minimum atomic E-state index is -4.65. The van der Waals surface area contributed by atoms with Gasteiger partial charge in [0.25, 0.3) is 0 Å². The molecule has 0 fully saturated rings. The van der Waals surface area contributed by atoms with Gasteiger partial charge in [-0.15, -0.1) is 0 Å². The molecule has 0 amide bonds. The molecular weight excluding hydrogens is 288 g/mol. The average Bonchev–Trinajstić information content (AvgIpc) is 2.39. The van der Waals surface area contributed by atoms with Crippen molar-refractivity contribution in [1.29, 1.82) is 0 Å². The van der Waals surface area contributed by atoms with Gasteiger partial charge in [0.1, 0.15) is 12.0 Å². The Morgan fingerprint density at radius 3 is 2.57 bits per heavy atom. The first kappa shape index (κ1) is 15.6. The lowest BCUT2D eigenvalue weighted by Gasteiger charge is -2.32. The quantitative estimate of drug-likeness (QED) is 0.841. The number of halogens is 4. The van der Waals surface area contributed by atoms with Crippen molar-refractivity contribution in [2.45, 2.75) is 25.7 Å². The fraction of sp³-hybridized carbons (Fsp3) is 0.429. The molecule has 1 unspecified atom stereocenters. The average molecular weight is 304 g/mol. The molecule has 1 aliphatic heterocycles. The van der Waals surface area contributed by atoms with E-state index in [-0.39, 0.29) is 16.9 Å². The molecule has 116 valence electrons. The van der Waals surface area contributed by atoms with Gasteiger partial charge in [-0.05, 0) is 24.6 Å². The van der Waals surface area contributed by atoms with Crippen LogP contribution in [0.15, 0.2) is 18.2 Å². The Morgan fingerprint density at radius 1 is 1.33 bits per heavy atom. The Hall–Kier alpha value is -1.76. The maximum Gasteiger partial charge on any atom is 0.416 e. The van der Waals surface area contributed by atoms with Gasteiger partial charge in [-0.2, -0.15) is 13.2 Å². The number of likely N-dealkylation sites (N-methyl/N-ethyl adjacent to an activating group) is 1. The molecule has 0 saturated heterocycles. The summed E-state index contributed by atoms with van der Waals surface area (Å²) >= 11 is 0. The third kappa shape index (κ3) is 2.97. The summed E-state index contributed by atoms with van der Waals surface area (Å²) in [7, 11) is 1.45. The predicted molar refractivity (Wildman–Crippen MR) is 73.6 cm³/mol. The van der Waals surface area contributed by atoms with Crippen LogP contribution in [0.2, 0.25) is 0 Å². The Morgan fingerprint density at radius 2 is 2.00 bits per heavy atom. The summed E-state index contributed by atoms with van der Waals surface area (Å²) in [5, 5.41) is 12.5. The zero-order chi connectivity index (χ0) is 15.8. The standard InChI is InChI=1S/C14H16F4N2O/c1-3-4-19-11-7-12-8(5-10(11)15)9(14(16,17)18)6-13(21)20(12)2/h5-7,13,19,21H,3-4H2,1-2H3. The molecule has 1 heterocycles. The zero-order valence-electron chi connectivity index (χ0n) is 11.6. The Bertz CT molecular complexity index is 569. The molecule has 2 rings (SSSR count). The monoisotopic (exact) mass is 304 g/mol. The number of benzene rings is 1. The highest BCUT2D eigenvalue weighted by atomic mass is 19.4. The van der Waals surface area contributed by atoms with Crippen LogP contribution in [0.1, 0.15) is 18.9 Å². The lowest BCUT2D eigenvalue weighted by Crippen LogP contribution is -2.35. The Kier molecular flexibility index (Phi) is 4.13. The third-order valence-corrected chi connectivity index (χ3v) is 3.34. The molecule has 2 N–H and O–H groups in total.